The Balaban J connectivity index is 1.31. The van der Waals surface area contributed by atoms with E-state index in [2.05, 4.69) is 48.3 Å². The van der Waals surface area contributed by atoms with E-state index in [-0.39, 0.29) is 17.7 Å². The minimum atomic E-state index is 0.0571. The van der Waals surface area contributed by atoms with E-state index >= 15 is 0 Å². The molecule has 0 radical (unpaired) electrons. The summed E-state index contributed by atoms with van der Waals surface area (Å²) in [6, 6.07) is 17.3. The van der Waals surface area contributed by atoms with E-state index in [0.29, 0.717) is 17.5 Å². The number of ether oxygens (including phenoxy) is 1. The van der Waals surface area contributed by atoms with Crippen LogP contribution >= 0.6 is 0 Å². The van der Waals surface area contributed by atoms with Gasteiger partial charge in [-0.2, -0.15) is 0 Å². The molecule has 34 heavy (non-hydrogen) atoms. The Morgan fingerprint density at radius 1 is 1.12 bits per heavy atom. The van der Waals surface area contributed by atoms with Gasteiger partial charge in [-0.05, 0) is 79.2 Å². The SMILES string of the molecule is COc1cccc(C2=NC(c3ccc(CC4CCC4C(=O)c4cocn4)cc3)C(C)CCC2)c1. The maximum absolute atomic E-state index is 12.7. The molecule has 176 valence electrons. The Bertz CT molecular complexity index is 1150. The first-order valence-corrected chi connectivity index (χ1v) is 12.3. The van der Waals surface area contributed by atoms with Crippen molar-refractivity contribution in [3.63, 3.8) is 0 Å². The molecular weight excluding hydrogens is 424 g/mol. The highest BCUT2D eigenvalue weighted by molar-refractivity contribution is 6.01. The van der Waals surface area contributed by atoms with Gasteiger partial charge in [-0.1, -0.05) is 43.3 Å². The van der Waals surface area contributed by atoms with Crippen LogP contribution in [-0.4, -0.2) is 23.6 Å². The quantitative estimate of drug-likeness (QED) is 0.381. The molecule has 0 spiro atoms. The smallest absolute Gasteiger partial charge is 0.187 e. The van der Waals surface area contributed by atoms with Gasteiger partial charge in [-0.3, -0.25) is 9.79 Å². The number of ketones is 1. The largest absolute Gasteiger partial charge is 0.497 e. The van der Waals surface area contributed by atoms with E-state index in [1.54, 1.807) is 7.11 Å². The maximum Gasteiger partial charge on any atom is 0.187 e. The number of oxazole rings is 1. The highest BCUT2D eigenvalue weighted by Crippen LogP contribution is 2.39. The Kier molecular flexibility index (Phi) is 6.61. The van der Waals surface area contributed by atoms with Crippen LogP contribution in [-0.2, 0) is 6.42 Å². The fraction of sp³-hybridized carbons (Fsp3) is 0.414. The summed E-state index contributed by atoms with van der Waals surface area (Å²) in [6.45, 7) is 2.31. The average Bonchev–Trinajstić information content (AvgIpc) is 3.32. The van der Waals surface area contributed by atoms with Crippen LogP contribution in [0.1, 0.15) is 72.2 Å². The van der Waals surface area contributed by atoms with Crippen molar-refractivity contribution in [1.29, 1.82) is 0 Å². The summed E-state index contributed by atoms with van der Waals surface area (Å²) in [5.41, 5.74) is 5.33. The topological polar surface area (TPSA) is 64.7 Å². The first-order valence-electron chi connectivity index (χ1n) is 12.3. The molecule has 5 nitrogen and oxygen atoms in total. The Labute approximate surface area is 201 Å². The van der Waals surface area contributed by atoms with Gasteiger partial charge < -0.3 is 9.15 Å². The number of Topliss-reactive ketones (excluding diaryl/α,β-unsaturated/α-hetero) is 1. The Morgan fingerprint density at radius 3 is 2.68 bits per heavy atom. The zero-order valence-corrected chi connectivity index (χ0v) is 19.9. The first-order chi connectivity index (χ1) is 16.6. The molecule has 2 heterocycles. The molecule has 0 bridgehead atoms. The summed E-state index contributed by atoms with van der Waals surface area (Å²) in [5, 5.41) is 0. The molecule has 1 aliphatic heterocycles. The molecule has 3 aromatic rings. The van der Waals surface area contributed by atoms with Crippen LogP contribution in [0.5, 0.6) is 5.75 Å². The number of hydrogen-bond donors (Lipinski definition) is 0. The summed E-state index contributed by atoms with van der Waals surface area (Å²) in [7, 11) is 1.70. The number of aliphatic imine (C=N–C) groups is 1. The number of hydrogen-bond acceptors (Lipinski definition) is 5. The van der Waals surface area contributed by atoms with Crippen LogP contribution in [0.3, 0.4) is 0 Å². The van der Waals surface area contributed by atoms with Gasteiger partial charge in [0.25, 0.3) is 0 Å². The van der Waals surface area contributed by atoms with Crippen LogP contribution in [0.15, 0.2) is 70.6 Å². The molecular formula is C29H32N2O3. The fourth-order valence-electron chi connectivity index (χ4n) is 5.37. The third kappa shape index (κ3) is 4.70. The van der Waals surface area contributed by atoms with Crippen LogP contribution in [0.2, 0.25) is 0 Å². The second-order valence-electron chi connectivity index (χ2n) is 9.75. The van der Waals surface area contributed by atoms with Gasteiger partial charge in [-0.25, -0.2) is 4.98 Å². The maximum atomic E-state index is 12.7. The summed E-state index contributed by atoms with van der Waals surface area (Å²) in [4.78, 5) is 22.0. The van der Waals surface area contributed by atoms with Crippen molar-refractivity contribution in [1.82, 2.24) is 4.98 Å². The number of rotatable bonds is 7. The number of benzene rings is 2. The van der Waals surface area contributed by atoms with E-state index in [4.69, 9.17) is 14.1 Å². The van der Waals surface area contributed by atoms with E-state index in [1.807, 2.05) is 12.1 Å². The van der Waals surface area contributed by atoms with Crippen molar-refractivity contribution < 1.29 is 13.9 Å². The normalized spacial score (nSPS) is 24.6. The molecule has 1 saturated carbocycles. The number of aromatic nitrogens is 1. The monoisotopic (exact) mass is 456 g/mol. The van der Waals surface area contributed by atoms with Gasteiger partial charge >= 0.3 is 0 Å². The third-order valence-electron chi connectivity index (χ3n) is 7.57. The van der Waals surface area contributed by atoms with Crippen molar-refractivity contribution in [2.24, 2.45) is 22.7 Å². The molecule has 2 aromatic carbocycles. The third-order valence-corrected chi connectivity index (χ3v) is 7.57. The lowest BCUT2D eigenvalue weighted by Gasteiger charge is -2.35. The molecule has 1 aromatic heterocycles. The number of carbonyl (C=O) groups is 1. The minimum absolute atomic E-state index is 0.0571. The zero-order chi connectivity index (χ0) is 23.5. The minimum Gasteiger partial charge on any atom is -0.497 e. The summed E-state index contributed by atoms with van der Waals surface area (Å²) in [6.07, 6.45) is 9.05. The molecule has 1 aliphatic carbocycles. The predicted molar refractivity (Wildman–Crippen MR) is 132 cm³/mol. The van der Waals surface area contributed by atoms with Gasteiger partial charge in [0, 0.05) is 11.6 Å². The van der Waals surface area contributed by atoms with Crippen LogP contribution in [0.4, 0.5) is 0 Å². The van der Waals surface area contributed by atoms with E-state index in [0.717, 1.165) is 49.8 Å². The second kappa shape index (κ2) is 9.96. The Morgan fingerprint density at radius 2 is 1.97 bits per heavy atom. The lowest BCUT2D eigenvalue weighted by molar-refractivity contribution is 0.0733. The molecule has 2 aliphatic rings. The van der Waals surface area contributed by atoms with E-state index in [1.165, 1.54) is 29.5 Å². The molecule has 4 atom stereocenters. The van der Waals surface area contributed by atoms with Crippen molar-refractivity contribution in [2.45, 2.75) is 51.5 Å². The standard InChI is InChI=1S/C29H32N2O3/c1-19-5-3-8-26(23-6-4-7-24(16-23)33-2)31-28(19)21-11-9-20(10-12-21)15-22-13-14-25(22)29(32)27-17-34-18-30-27/h4,6-7,9-12,16-19,22,25,28H,3,5,8,13-15H2,1-2H3. The molecule has 0 N–H and O–H groups in total. The van der Waals surface area contributed by atoms with Gasteiger partial charge in [-0.15, -0.1) is 0 Å². The highest BCUT2D eigenvalue weighted by Gasteiger charge is 2.37. The molecule has 1 fully saturated rings. The molecule has 0 amide bonds. The Hall–Kier alpha value is -3.21. The summed E-state index contributed by atoms with van der Waals surface area (Å²) < 4.78 is 10.4. The van der Waals surface area contributed by atoms with Crippen molar-refractivity contribution in [3.05, 3.63) is 83.6 Å². The van der Waals surface area contributed by atoms with Crippen molar-refractivity contribution in [3.8, 4) is 5.75 Å². The lowest BCUT2D eigenvalue weighted by Crippen LogP contribution is -2.34. The number of nitrogens with zero attached hydrogens (tertiary/aromatic N) is 2. The highest BCUT2D eigenvalue weighted by atomic mass is 16.5. The zero-order valence-electron chi connectivity index (χ0n) is 19.9. The number of methoxy groups -OCH3 is 1. The molecule has 5 rings (SSSR count). The number of carbonyl (C=O) groups excluding carboxylic acids is 1. The first kappa shape index (κ1) is 22.6. The fourth-order valence-corrected chi connectivity index (χ4v) is 5.37. The van der Waals surface area contributed by atoms with Gasteiger partial charge in [0.1, 0.15) is 17.7 Å². The van der Waals surface area contributed by atoms with Crippen LogP contribution < -0.4 is 4.74 Å². The van der Waals surface area contributed by atoms with Gasteiger partial charge in [0.2, 0.25) is 0 Å². The van der Waals surface area contributed by atoms with E-state index in [9.17, 15) is 4.79 Å². The summed E-state index contributed by atoms with van der Waals surface area (Å²) in [5.74, 6) is 1.92. The lowest BCUT2D eigenvalue weighted by atomic mass is 9.68. The van der Waals surface area contributed by atoms with Gasteiger partial charge in [0.05, 0.1) is 13.2 Å². The van der Waals surface area contributed by atoms with Crippen molar-refractivity contribution in [2.75, 3.05) is 7.11 Å². The van der Waals surface area contributed by atoms with Gasteiger partial charge in [0.15, 0.2) is 12.2 Å². The predicted octanol–water partition coefficient (Wildman–Crippen LogP) is 6.49. The molecule has 4 unspecified atom stereocenters. The molecule has 5 heteroatoms. The van der Waals surface area contributed by atoms with Crippen LogP contribution in [0.25, 0.3) is 0 Å². The summed E-state index contributed by atoms with van der Waals surface area (Å²) >= 11 is 0. The van der Waals surface area contributed by atoms with E-state index < -0.39 is 0 Å². The van der Waals surface area contributed by atoms with Crippen molar-refractivity contribution >= 4 is 11.5 Å². The van der Waals surface area contributed by atoms with Crippen LogP contribution in [0, 0.1) is 17.8 Å². The average molecular weight is 457 g/mol. The second-order valence-corrected chi connectivity index (χ2v) is 9.75. The molecule has 0 saturated heterocycles.